The molecular formula is C43H31NOS. The largest absolute Gasteiger partial charge is 0.455 e. The monoisotopic (exact) mass is 609 g/mol. The van der Waals surface area contributed by atoms with Gasteiger partial charge in [-0.15, -0.1) is 0 Å². The third kappa shape index (κ3) is 4.27. The molecule has 0 N–H and O–H groups in total. The number of hydrogen-bond donors (Lipinski definition) is 0. The van der Waals surface area contributed by atoms with Crippen LogP contribution in [0.25, 0.3) is 33.0 Å². The number of anilines is 3. The normalized spacial score (nSPS) is 13.7. The number of fused-ring (bicyclic) bond motifs is 6. The Hall–Kier alpha value is -5.25. The van der Waals surface area contributed by atoms with Crippen LogP contribution in [0.5, 0.6) is 11.5 Å². The second-order valence-corrected chi connectivity index (χ2v) is 13.7. The predicted molar refractivity (Wildman–Crippen MR) is 192 cm³/mol. The van der Waals surface area contributed by atoms with E-state index in [1.807, 2.05) is 12.1 Å². The Kier molecular flexibility index (Phi) is 6.13. The average molecular weight is 610 g/mol. The van der Waals surface area contributed by atoms with Crippen LogP contribution in [0.1, 0.15) is 25.0 Å². The lowest BCUT2D eigenvalue weighted by Crippen LogP contribution is -2.16. The van der Waals surface area contributed by atoms with Crippen LogP contribution >= 0.6 is 11.8 Å². The number of rotatable bonds is 4. The third-order valence-electron chi connectivity index (χ3n) is 9.52. The Morgan fingerprint density at radius 3 is 2.13 bits per heavy atom. The molecule has 9 rings (SSSR count). The zero-order valence-electron chi connectivity index (χ0n) is 25.7. The van der Waals surface area contributed by atoms with Gasteiger partial charge in [-0.25, -0.2) is 0 Å². The molecule has 0 saturated heterocycles. The first-order valence-corrected chi connectivity index (χ1v) is 16.6. The van der Waals surface area contributed by atoms with Crippen LogP contribution in [0.2, 0.25) is 0 Å². The number of para-hydroxylation sites is 1. The van der Waals surface area contributed by atoms with Crippen molar-refractivity contribution in [2.45, 2.75) is 29.1 Å². The van der Waals surface area contributed by atoms with Gasteiger partial charge in [0.15, 0.2) is 0 Å². The van der Waals surface area contributed by atoms with Gasteiger partial charge < -0.3 is 9.64 Å². The Morgan fingerprint density at radius 1 is 0.522 bits per heavy atom. The maximum Gasteiger partial charge on any atom is 0.141 e. The second kappa shape index (κ2) is 10.4. The molecule has 0 unspecified atom stereocenters. The summed E-state index contributed by atoms with van der Waals surface area (Å²) in [7, 11) is 0. The summed E-state index contributed by atoms with van der Waals surface area (Å²) in [4.78, 5) is 4.70. The summed E-state index contributed by atoms with van der Waals surface area (Å²) in [6, 6.07) is 54.8. The van der Waals surface area contributed by atoms with E-state index in [4.69, 9.17) is 4.74 Å². The molecular weight excluding hydrogens is 579 g/mol. The predicted octanol–water partition coefficient (Wildman–Crippen LogP) is 12.5. The average Bonchev–Trinajstić information content (AvgIpc) is 3.33. The molecule has 1 aliphatic carbocycles. The van der Waals surface area contributed by atoms with Crippen molar-refractivity contribution < 1.29 is 4.74 Å². The highest BCUT2D eigenvalue weighted by molar-refractivity contribution is 7.99. The van der Waals surface area contributed by atoms with Crippen LogP contribution in [0.15, 0.2) is 161 Å². The molecule has 220 valence electrons. The highest BCUT2D eigenvalue weighted by Gasteiger charge is 2.35. The molecule has 2 nitrogen and oxygen atoms in total. The van der Waals surface area contributed by atoms with Crippen molar-refractivity contribution in [1.82, 2.24) is 0 Å². The van der Waals surface area contributed by atoms with Gasteiger partial charge in [0.2, 0.25) is 0 Å². The summed E-state index contributed by atoms with van der Waals surface area (Å²) >= 11 is 1.77. The third-order valence-corrected chi connectivity index (χ3v) is 10.6. The minimum atomic E-state index is -0.0785. The summed E-state index contributed by atoms with van der Waals surface area (Å²) in [6.45, 7) is 4.69. The highest BCUT2D eigenvalue weighted by atomic mass is 32.2. The van der Waals surface area contributed by atoms with E-state index in [1.54, 1.807) is 11.8 Å². The zero-order valence-corrected chi connectivity index (χ0v) is 26.5. The van der Waals surface area contributed by atoms with Gasteiger partial charge >= 0.3 is 0 Å². The smallest absolute Gasteiger partial charge is 0.141 e. The van der Waals surface area contributed by atoms with Gasteiger partial charge in [0.1, 0.15) is 11.5 Å². The first-order chi connectivity index (χ1) is 22.5. The van der Waals surface area contributed by atoms with Crippen molar-refractivity contribution in [2.24, 2.45) is 0 Å². The lowest BCUT2D eigenvalue weighted by Gasteiger charge is -2.29. The fourth-order valence-corrected chi connectivity index (χ4v) is 8.16. The van der Waals surface area contributed by atoms with E-state index in [2.05, 4.69) is 158 Å². The van der Waals surface area contributed by atoms with Crippen molar-refractivity contribution >= 4 is 39.6 Å². The van der Waals surface area contributed by atoms with E-state index < -0.39 is 0 Å². The number of nitrogens with zero attached hydrogens (tertiary/aromatic N) is 1. The van der Waals surface area contributed by atoms with Crippen molar-refractivity contribution in [3.05, 3.63) is 163 Å². The molecule has 3 heteroatoms. The Morgan fingerprint density at radius 2 is 1.22 bits per heavy atom. The molecule has 0 saturated carbocycles. The van der Waals surface area contributed by atoms with Crippen LogP contribution in [0.4, 0.5) is 17.1 Å². The molecule has 0 aromatic heterocycles. The van der Waals surface area contributed by atoms with Crippen LogP contribution in [-0.4, -0.2) is 0 Å². The second-order valence-electron chi connectivity index (χ2n) is 12.6. The van der Waals surface area contributed by atoms with E-state index in [1.165, 1.54) is 49.8 Å². The molecule has 1 heterocycles. The SMILES string of the molecule is CC1(C)c2ccccc2-c2ccc(N(c3ccc(-c4ccc5c(c4)Sc4ccccc4O5)cc3)c3cccc4ccccc34)cc21. The molecule has 1 aliphatic heterocycles. The number of hydrogen-bond acceptors (Lipinski definition) is 3. The van der Waals surface area contributed by atoms with Crippen molar-refractivity contribution in [3.63, 3.8) is 0 Å². The standard InChI is InChI=1S/C43H31NOS/c1-43(2)36-14-6-5-13-34(36)35-24-23-32(27-37(35)43)44(38-15-9-11-29-10-3-4-12-33(29)38)31-21-18-28(19-22-31)30-20-25-40-42(26-30)46-41-17-8-7-16-39(41)45-40/h3-27H,1-2H3. The van der Waals surface area contributed by atoms with Gasteiger partial charge in [0.05, 0.1) is 15.5 Å². The number of ether oxygens (including phenoxy) is 1. The minimum Gasteiger partial charge on any atom is -0.455 e. The van der Waals surface area contributed by atoms with Gasteiger partial charge in [0.25, 0.3) is 0 Å². The van der Waals surface area contributed by atoms with Crippen LogP contribution in [0.3, 0.4) is 0 Å². The summed E-state index contributed by atoms with van der Waals surface area (Å²) < 4.78 is 6.19. The van der Waals surface area contributed by atoms with Crippen LogP contribution in [0, 0.1) is 0 Å². The van der Waals surface area contributed by atoms with Gasteiger partial charge in [0, 0.05) is 22.2 Å². The van der Waals surface area contributed by atoms with Crippen molar-refractivity contribution in [3.8, 4) is 33.8 Å². The van der Waals surface area contributed by atoms with Gasteiger partial charge in [-0.2, -0.15) is 0 Å². The summed E-state index contributed by atoms with van der Waals surface area (Å²) in [5.41, 5.74) is 11.1. The molecule has 46 heavy (non-hydrogen) atoms. The summed E-state index contributed by atoms with van der Waals surface area (Å²) in [5, 5.41) is 2.45. The molecule has 0 fully saturated rings. The maximum atomic E-state index is 6.19. The molecule has 0 amide bonds. The molecule has 0 spiro atoms. The maximum absolute atomic E-state index is 6.19. The van der Waals surface area contributed by atoms with Crippen molar-refractivity contribution in [1.29, 1.82) is 0 Å². The molecule has 7 aromatic carbocycles. The Labute approximate surface area is 273 Å². The molecule has 0 bridgehead atoms. The quantitative estimate of drug-likeness (QED) is 0.197. The first-order valence-electron chi connectivity index (χ1n) is 15.8. The molecule has 0 atom stereocenters. The fourth-order valence-electron chi connectivity index (χ4n) is 7.17. The molecule has 7 aromatic rings. The molecule has 2 aliphatic rings. The van der Waals surface area contributed by atoms with Gasteiger partial charge in [-0.3, -0.25) is 0 Å². The van der Waals surface area contributed by atoms with E-state index in [0.717, 1.165) is 32.7 Å². The lowest BCUT2D eigenvalue weighted by molar-refractivity contribution is 0.454. The van der Waals surface area contributed by atoms with Gasteiger partial charge in [-0.05, 0) is 93.4 Å². The van der Waals surface area contributed by atoms with Crippen LogP contribution in [-0.2, 0) is 5.41 Å². The van der Waals surface area contributed by atoms with Gasteiger partial charge in [-0.1, -0.05) is 123 Å². The van der Waals surface area contributed by atoms with E-state index in [9.17, 15) is 0 Å². The van der Waals surface area contributed by atoms with E-state index >= 15 is 0 Å². The fraction of sp³-hybridized carbons (Fsp3) is 0.0698. The minimum absolute atomic E-state index is 0.0785. The summed E-state index contributed by atoms with van der Waals surface area (Å²) in [5.74, 6) is 1.83. The highest BCUT2D eigenvalue weighted by Crippen LogP contribution is 2.51. The molecule has 0 radical (unpaired) electrons. The Balaban J connectivity index is 1.14. The Bertz CT molecular complexity index is 2300. The van der Waals surface area contributed by atoms with Crippen molar-refractivity contribution in [2.75, 3.05) is 4.90 Å². The first kappa shape index (κ1) is 27.1. The van der Waals surface area contributed by atoms with E-state index in [0.29, 0.717) is 0 Å². The lowest BCUT2D eigenvalue weighted by atomic mass is 9.82. The zero-order chi connectivity index (χ0) is 30.8. The topological polar surface area (TPSA) is 12.5 Å². The number of benzene rings is 7. The van der Waals surface area contributed by atoms with E-state index in [-0.39, 0.29) is 5.41 Å². The summed E-state index contributed by atoms with van der Waals surface area (Å²) in [6.07, 6.45) is 0. The van der Waals surface area contributed by atoms with Crippen LogP contribution < -0.4 is 9.64 Å².